The van der Waals surface area contributed by atoms with Crippen molar-refractivity contribution < 1.29 is 24.7 Å². The maximum Gasteiger partial charge on any atom is 0.290 e. The molecule has 8 heteroatoms. The van der Waals surface area contributed by atoms with E-state index in [0.29, 0.717) is 5.56 Å². The first kappa shape index (κ1) is 15.6. The van der Waals surface area contributed by atoms with Gasteiger partial charge in [0.15, 0.2) is 11.5 Å². The van der Waals surface area contributed by atoms with Gasteiger partial charge in [-0.25, -0.2) is 0 Å². The van der Waals surface area contributed by atoms with Crippen LogP contribution in [-0.2, 0) is 9.59 Å². The van der Waals surface area contributed by atoms with Crippen LogP contribution in [0, 0.1) is 10.1 Å². The van der Waals surface area contributed by atoms with Crippen LogP contribution >= 0.6 is 0 Å². The number of amides is 1. The first-order chi connectivity index (χ1) is 10.4. The van der Waals surface area contributed by atoms with E-state index in [4.69, 9.17) is 5.11 Å². The summed E-state index contributed by atoms with van der Waals surface area (Å²) in [6.07, 6.45) is 0. The molecule has 0 saturated heterocycles. The van der Waals surface area contributed by atoms with Gasteiger partial charge in [0.25, 0.3) is 11.6 Å². The van der Waals surface area contributed by atoms with E-state index in [1.807, 2.05) is 0 Å². The largest absolute Gasteiger partial charge is 0.503 e. The molecule has 1 aliphatic rings. The molecule has 0 bridgehead atoms. The van der Waals surface area contributed by atoms with Gasteiger partial charge in [-0.15, -0.1) is 0 Å². The summed E-state index contributed by atoms with van der Waals surface area (Å²) < 4.78 is 0. The quantitative estimate of drug-likeness (QED) is 0.615. The third kappa shape index (κ3) is 2.56. The summed E-state index contributed by atoms with van der Waals surface area (Å²) in [5, 5.41) is 29.6. The summed E-state index contributed by atoms with van der Waals surface area (Å²) in [7, 11) is 0. The zero-order valence-electron chi connectivity index (χ0n) is 11.7. The highest BCUT2D eigenvalue weighted by Gasteiger charge is 2.42. The van der Waals surface area contributed by atoms with Gasteiger partial charge in [-0.3, -0.25) is 19.7 Å². The summed E-state index contributed by atoms with van der Waals surface area (Å²) in [5.41, 5.74) is 0.244. The number of carbonyl (C=O) groups is 2. The van der Waals surface area contributed by atoms with Crippen molar-refractivity contribution in [2.75, 3.05) is 13.2 Å². The van der Waals surface area contributed by atoms with Crippen molar-refractivity contribution in [3.63, 3.8) is 0 Å². The molecule has 1 aromatic carbocycles. The van der Waals surface area contributed by atoms with Gasteiger partial charge in [-0.2, -0.15) is 0 Å². The number of non-ortho nitro benzene ring substituents is 1. The highest BCUT2D eigenvalue weighted by molar-refractivity contribution is 6.08. The molecule has 1 amide bonds. The van der Waals surface area contributed by atoms with Gasteiger partial charge in [0.1, 0.15) is 0 Å². The van der Waals surface area contributed by atoms with Crippen LogP contribution in [0.15, 0.2) is 35.6 Å². The molecule has 0 saturated carbocycles. The number of benzene rings is 1. The molecule has 0 unspecified atom stereocenters. The van der Waals surface area contributed by atoms with E-state index in [9.17, 15) is 24.8 Å². The number of nitrogens with zero attached hydrogens (tertiary/aromatic N) is 2. The van der Waals surface area contributed by atoms with Crippen LogP contribution in [0.5, 0.6) is 0 Å². The first-order valence-corrected chi connectivity index (χ1v) is 6.48. The monoisotopic (exact) mass is 306 g/mol. The fourth-order valence-electron chi connectivity index (χ4n) is 2.48. The lowest BCUT2D eigenvalue weighted by molar-refractivity contribution is -0.384. The minimum absolute atomic E-state index is 0.0681. The van der Waals surface area contributed by atoms with Crippen molar-refractivity contribution in [3.05, 3.63) is 51.3 Å². The molecular formula is C14H14N2O6. The smallest absolute Gasteiger partial charge is 0.290 e. The molecule has 0 radical (unpaired) electrons. The van der Waals surface area contributed by atoms with E-state index in [2.05, 4.69) is 0 Å². The summed E-state index contributed by atoms with van der Waals surface area (Å²) in [5.74, 6) is -1.87. The summed E-state index contributed by atoms with van der Waals surface area (Å²) in [4.78, 5) is 35.0. The first-order valence-electron chi connectivity index (χ1n) is 6.48. The van der Waals surface area contributed by atoms with Gasteiger partial charge in [0.05, 0.1) is 23.1 Å². The maximum atomic E-state index is 12.0. The molecule has 0 spiro atoms. The standard InChI is InChI=1S/C14H14N2O6/c1-8(18)11-12(15(6-7-17)14(20)13(11)19)9-2-4-10(5-3-9)16(21)22/h2-5,12,17,19H,6-7H2,1H3/t12-/m1/s1. The predicted molar refractivity (Wildman–Crippen MR) is 75.0 cm³/mol. The molecule has 1 aliphatic heterocycles. The van der Waals surface area contributed by atoms with Gasteiger partial charge >= 0.3 is 0 Å². The Morgan fingerprint density at radius 2 is 1.95 bits per heavy atom. The number of aliphatic hydroxyl groups is 2. The third-order valence-corrected chi connectivity index (χ3v) is 3.44. The van der Waals surface area contributed by atoms with Gasteiger partial charge in [0.2, 0.25) is 0 Å². The Kier molecular flexibility index (Phi) is 4.22. The lowest BCUT2D eigenvalue weighted by Gasteiger charge is -2.25. The minimum Gasteiger partial charge on any atom is -0.503 e. The average molecular weight is 306 g/mol. The van der Waals surface area contributed by atoms with Crippen molar-refractivity contribution in [3.8, 4) is 0 Å². The fourth-order valence-corrected chi connectivity index (χ4v) is 2.48. The molecule has 1 atom stereocenters. The summed E-state index contributed by atoms with van der Waals surface area (Å²) in [6.45, 7) is 0.814. The van der Waals surface area contributed by atoms with E-state index in [0.717, 1.165) is 4.90 Å². The number of carbonyl (C=O) groups excluding carboxylic acids is 2. The van der Waals surface area contributed by atoms with E-state index in [1.54, 1.807) is 0 Å². The number of hydrogen-bond acceptors (Lipinski definition) is 6. The molecule has 1 heterocycles. The van der Waals surface area contributed by atoms with Gasteiger partial charge in [0, 0.05) is 18.7 Å². The second kappa shape index (κ2) is 5.94. The Hall–Kier alpha value is -2.74. The Balaban J connectivity index is 2.49. The number of β-amino-alcohol motifs (C(OH)–C–C–N with tert-alkyl or cyclic N) is 1. The van der Waals surface area contributed by atoms with Crippen LogP contribution in [0.2, 0.25) is 0 Å². The van der Waals surface area contributed by atoms with Crippen LogP contribution in [0.4, 0.5) is 5.69 Å². The van der Waals surface area contributed by atoms with Crippen LogP contribution in [-0.4, -0.2) is 44.9 Å². The van der Waals surface area contributed by atoms with E-state index >= 15 is 0 Å². The fraction of sp³-hybridized carbons (Fsp3) is 0.286. The van der Waals surface area contributed by atoms with E-state index in [1.165, 1.54) is 31.2 Å². The number of hydrogen-bond donors (Lipinski definition) is 2. The van der Waals surface area contributed by atoms with Crippen molar-refractivity contribution in [1.29, 1.82) is 0 Å². The van der Waals surface area contributed by atoms with Crippen molar-refractivity contribution in [2.24, 2.45) is 0 Å². The van der Waals surface area contributed by atoms with Gasteiger partial charge in [-0.05, 0) is 24.6 Å². The normalized spacial score (nSPS) is 18.0. The Labute approximate surface area is 125 Å². The highest BCUT2D eigenvalue weighted by Crippen LogP contribution is 2.37. The minimum atomic E-state index is -0.863. The molecule has 0 aliphatic carbocycles. The number of ketones is 1. The molecular weight excluding hydrogens is 292 g/mol. The third-order valence-electron chi connectivity index (χ3n) is 3.44. The van der Waals surface area contributed by atoms with Gasteiger partial charge in [-0.1, -0.05) is 0 Å². The number of nitro benzene ring substituents is 1. The SMILES string of the molecule is CC(=O)C1=C(O)C(=O)N(CCO)[C@@H]1c1ccc([N+](=O)[O-])cc1. The highest BCUT2D eigenvalue weighted by atomic mass is 16.6. The van der Waals surface area contributed by atoms with Crippen molar-refractivity contribution in [2.45, 2.75) is 13.0 Å². The van der Waals surface area contributed by atoms with Crippen LogP contribution in [0.3, 0.4) is 0 Å². The molecule has 116 valence electrons. The van der Waals surface area contributed by atoms with Crippen LogP contribution < -0.4 is 0 Å². The van der Waals surface area contributed by atoms with Crippen LogP contribution in [0.25, 0.3) is 0 Å². The molecule has 1 aromatic rings. The Bertz CT molecular complexity index is 664. The molecule has 2 N–H and O–H groups in total. The summed E-state index contributed by atoms with van der Waals surface area (Å²) in [6, 6.07) is 4.48. The number of nitro groups is 1. The lowest BCUT2D eigenvalue weighted by atomic mass is 9.96. The number of rotatable bonds is 5. The average Bonchev–Trinajstić information content (AvgIpc) is 2.72. The summed E-state index contributed by atoms with van der Waals surface area (Å²) >= 11 is 0. The topological polar surface area (TPSA) is 121 Å². The van der Waals surface area contributed by atoms with Crippen LogP contribution in [0.1, 0.15) is 18.5 Å². The lowest BCUT2D eigenvalue weighted by Crippen LogP contribution is -2.33. The zero-order chi connectivity index (χ0) is 16.4. The Morgan fingerprint density at radius 3 is 2.41 bits per heavy atom. The predicted octanol–water partition coefficient (Wildman–Crippen LogP) is 0.871. The molecule has 22 heavy (non-hydrogen) atoms. The number of aliphatic hydroxyl groups excluding tert-OH is 2. The van der Waals surface area contributed by atoms with E-state index in [-0.39, 0.29) is 24.4 Å². The Morgan fingerprint density at radius 1 is 1.36 bits per heavy atom. The van der Waals surface area contributed by atoms with Crippen molar-refractivity contribution in [1.82, 2.24) is 4.90 Å². The second-order valence-corrected chi connectivity index (χ2v) is 4.79. The molecule has 0 fully saturated rings. The van der Waals surface area contributed by atoms with Crippen molar-refractivity contribution >= 4 is 17.4 Å². The molecule has 8 nitrogen and oxygen atoms in total. The molecule has 0 aromatic heterocycles. The molecule has 2 rings (SSSR count). The van der Waals surface area contributed by atoms with Gasteiger partial charge < -0.3 is 15.1 Å². The second-order valence-electron chi connectivity index (χ2n) is 4.79. The number of Topliss-reactive ketones (excluding diaryl/α,β-unsaturated/α-hetero) is 1. The zero-order valence-corrected chi connectivity index (χ0v) is 11.7. The van der Waals surface area contributed by atoms with E-state index < -0.39 is 28.4 Å². The maximum absolute atomic E-state index is 12.0.